The molecule has 4 heterocycles. The molecule has 1 N–H and O–H groups in total. The van der Waals surface area contributed by atoms with Gasteiger partial charge in [0.25, 0.3) is 12.0 Å². The van der Waals surface area contributed by atoms with Crippen LogP contribution in [0.2, 0.25) is 0 Å². The van der Waals surface area contributed by atoms with Gasteiger partial charge in [-0.15, -0.1) is 0 Å². The average molecular weight is 485 g/mol. The first-order valence-electron chi connectivity index (χ1n) is 11.2. The summed E-state index contributed by atoms with van der Waals surface area (Å²) >= 11 is 0. The lowest BCUT2D eigenvalue weighted by Gasteiger charge is -2.35. The largest absolute Gasteiger partial charge is 0.379 e. The topological polar surface area (TPSA) is 120 Å². The van der Waals surface area contributed by atoms with Crippen LogP contribution in [0.5, 0.6) is 0 Å². The van der Waals surface area contributed by atoms with E-state index in [0.717, 1.165) is 5.82 Å². The number of ether oxygens (including phenoxy) is 1. The first kappa shape index (κ1) is 24.3. The number of amides is 1. The number of hydrogen-bond donors (Lipinski definition) is 1. The fraction of sp³-hybridized carbons (Fsp3) is 0.435. The summed E-state index contributed by atoms with van der Waals surface area (Å²) in [5.74, 6) is 0.755. The highest BCUT2D eigenvalue weighted by Crippen LogP contribution is 2.29. The van der Waals surface area contributed by atoms with E-state index in [2.05, 4.69) is 20.1 Å². The van der Waals surface area contributed by atoms with Gasteiger partial charge in [-0.1, -0.05) is 0 Å². The standard InChI is InChI=1S/C23H25F2N7O3/c1-15(32-13-17(22(24)25)21-18(32)12-28-29-23(21)34)14-35-9-4-20(33)31-7-5-30(6-8-31)19-3-2-16(10-26)11-27-19/h2-3,11-13,15,22H,4-9,14H2,1H3,(H,29,34). The number of carbonyl (C=O) groups excluding carboxylic acids is 1. The van der Waals surface area contributed by atoms with Crippen molar-refractivity contribution in [1.29, 1.82) is 5.26 Å². The molecule has 4 rings (SSSR count). The van der Waals surface area contributed by atoms with Crippen molar-refractivity contribution < 1.29 is 18.3 Å². The fourth-order valence-corrected chi connectivity index (χ4v) is 4.15. The van der Waals surface area contributed by atoms with Crippen molar-refractivity contribution in [2.45, 2.75) is 25.8 Å². The summed E-state index contributed by atoms with van der Waals surface area (Å²) in [6.45, 7) is 4.57. The molecular formula is C23H25F2N7O3. The first-order chi connectivity index (χ1) is 16.9. The highest BCUT2D eigenvalue weighted by atomic mass is 19.3. The number of nitriles is 1. The monoisotopic (exact) mass is 485 g/mol. The number of carbonyl (C=O) groups is 1. The molecule has 12 heteroatoms. The minimum absolute atomic E-state index is 0.0211. The lowest BCUT2D eigenvalue weighted by molar-refractivity contribution is -0.132. The summed E-state index contributed by atoms with van der Waals surface area (Å²) in [5, 5.41) is 14.7. The molecule has 1 unspecified atom stereocenters. The Labute approximate surface area is 199 Å². The number of alkyl halides is 2. The van der Waals surface area contributed by atoms with Gasteiger partial charge in [-0.3, -0.25) is 9.59 Å². The lowest BCUT2D eigenvalue weighted by Crippen LogP contribution is -2.49. The zero-order valence-electron chi connectivity index (χ0n) is 19.2. The zero-order chi connectivity index (χ0) is 24.9. The Kier molecular flexibility index (Phi) is 7.36. The van der Waals surface area contributed by atoms with Crippen LogP contribution in [-0.2, 0) is 9.53 Å². The van der Waals surface area contributed by atoms with Crippen LogP contribution in [0.15, 0.2) is 35.5 Å². The van der Waals surface area contributed by atoms with Crippen LogP contribution in [0.3, 0.4) is 0 Å². The van der Waals surface area contributed by atoms with E-state index in [1.807, 2.05) is 6.07 Å². The van der Waals surface area contributed by atoms with Crippen molar-refractivity contribution in [2.75, 3.05) is 44.3 Å². The Morgan fingerprint density at radius 3 is 2.69 bits per heavy atom. The van der Waals surface area contributed by atoms with Crippen LogP contribution in [0, 0.1) is 11.3 Å². The zero-order valence-corrected chi connectivity index (χ0v) is 19.2. The second kappa shape index (κ2) is 10.6. The molecule has 0 bridgehead atoms. The van der Waals surface area contributed by atoms with Crippen LogP contribution < -0.4 is 10.5 Å². The Morgan fingerprint density at radius 1 is 1.26 bits per heavy atom. The SMILES string of the molecule is CC(COCCC(=O)N1CCN(c2ccc(C#N)cn2)CC1)n1cc(C(F)F)c2c(=O)[nH]ncc21. The van der Waals surface area contributed by atoms with Crippen LogP contribution >= 0.6 is 0 Å². The second-order valence-electron chi connectivity index (χ2n) is 8.31. The molecule has 3 aromatic heterocycles. The van der Waals surface area contributed by atoms with Crippen LogP contribution in [0.4, 0.5) is 14.6 Å². The molecule has 10 nitrogen and oxygen atoms in total. The highest BCUT2D eigenvalue weighted by molar-refractivity contribution is 5.82. The second-order valence-corrected chi connectivity index (χ2v) is 8.31. The molecule has 1 amide bonds. The maximum atomic E-state index is 13.4. The van der Waals surface area contributed by atoms with E-state index in [9.17, 15) is 18.4 Å². The van der Waals surface area contributed by atoms with E-state index in [0.29, 0.717) is 37.3 Å². The summed E-state index contributed by atoms with van der Waals surface area (Å²) in [6, 6.07) is 5.22. The number of nitrogens with zero attached hydrogens (tertiary/aromatic N) is 6. The van der Waals surface area contributed by atoms with Gasteiger partial charge >= 0.3 is 0 Å². The van der Waals surface area contributed by atoms with Crippen LogP contribution in [-0.4, -0.2) is 69.9 Å². The predicted octanol–water partition coefficient (Wildman–Crippen LogP) is 2.25. The summed E-state index contributed by atoms with van der Waals surface area (Å²) < 4.78 is 34.0. The molecular weight excluding hydrogens is 460 g/mol. The van der Waals surface area contributed by atoms with Gasteiger partial charge in [0.1, 0.15) is 11.9 Å². The summed E-state index contributed by atoms with van der Waals surface area (Å²) in [7, 11) is 0. The molecule has 0 radical (unpaired) electrons. The molecule has 1 aliphatic rings. The minimum Gasteiger partial charge on any atom is -0.379 e. The Morgan fingerprint density at radius 2 is 2.03 bits per heavy atom. The molecule has 0 aromatic carbocycles. The molecule has 184 valence electrons. The van der Waals surface area contributed by atoms with E-state index < -0.39 is 12.0 Å². The minimum atomic E-state index is -2.79. The Balaban J connectivity index is 1.25. The third-order valence-corrected chi connectivity index (χ3v) is 6.04. The number of nitrogens with one attached hydrogen (secondary N) is 1. The summed E-state index contributed by atoms with van der Waals surface area (Å²) in [4.78, 5) is 32.7. The third-order valence-electron chi connectivity index (χ3n) is 6.04. The Bertz CT molecular complexity index is 1270. The third kappa shape index (κ3) is 5.30. The van der Waals surface area contributed by atoms with Crippen molar-refractivity contribution in [3.8, 4) is 6.07 Å². The number of piperazine rings is 1. The van der Waals surface area contributed by atoms with E-state index in [4.69, 9.17) is 10.00 Å². The number of H-pyrrole nitrogens is 1. The molecule has 1 atom stereocenters. The fourth-order valence-electron chi connectivity index (χ4n) is 4.15. The van der Waals surface area contributed by atoms with E-state index in [1.165, 1.54) is 18.6 Å². The van der Waals surface area contributed by atoms with E-state index in [1.54, 1.807) is 28.5 Å². The molecule has 3 aromatic rings. The maximum Gasteiger partial charge on any atom is 0.274 e. The smallest absolute Gasteiger partial charge is 0.274 e. The molecule has 1 saturated heterocycles. The van der Waals surface area contributed by atoms with Crippen molar-refractivity contribution in [2.24, 2.45) is 0 Å². The number of aromatic amines is 1. The molecule has 35 heavy (non-hydrogen) atoms. The maximum absolute atomic E-state index is 13.4. The number of anilines is 1. The highest BCUT2D eigenvalue weighted by Gasteiger charge is 2.23. The van der Waals surface area contributed by atoms with Gasteiger partial charge in [0.15, 0.2) is 0 Å². The Hall–Kier alpha value is -3.85. The molecule has 0 saturated carbocycles. The number of halogens is 2. The molecule has 0 spiro atoms. The predicted molar refractivity (Wildman–Crippen MR) is 123 cm³/mol. The number of fused-ring (bicyclic) bond motifs is 1. The first-order valence-corrected chi connectivity index (χ1v) is 11.2. The van der Waals surface area contributed by atoms with Gasteiger partial charge in [0.05, 0.1) is 48.3 Å². The van der Waals surface area contributed by atoms with Crippen LogP contribution in [0.25, 0.3) is 10.9 Å². The van der Waals surface area contributed by atoms with Gasteiger partial charge < -0.3 is 19.1 Å². The number of pyridine rings is 1. The van der Waals surface area contributed by atoms with Crippen molar-refractivity contribution in [3.63, 3.8) is 0 Å². The lowest BCUT2D eigenvalue weighted by atomic mass is 10.2. The van der Waals surface area contributed by atoms with Crippen LogP contribution in [0.1, 0.15) is 36.9 Å². The van der Waals surface area contributed by atoms with Gasteiger partial charge in [-0.25, -0.2) is 18.9 Å². The van der Waals surface area contributed by atoms with E-state index in [-0.39, 0.29) is 42.5 Å². The number of hydrogen-bond acceptors (Lipinski definition) is 7. The van der Waals surface area contributed by atoms with Crippen molar-refractivity contribution in [3.05, 3.63) is 52.2 Å². The molecule has 1 fully saturated rings. The van der Waals surface area contributed by atoms with Gasteiger partial charge in [-0.05, 0) is 19.1 Å². The van der Waals surface area contributed by atoms with Crippen molar-refractivity contribution in [1.82, 2.24) is 24.6 Å². The summed E-state index contributed by atoms with van der Waals surface area (Å²) in [5.41, 5.74) is -0.196. The van der Waals surface area contributed by atoms with Crippen molar-refractivity contribution >= 4 is 22.6 Å². The summed E-state index contributed by atoms with van der Waals surface area (Å²) in [6.07, 6.45) is 1.55. The number of aromatic nitrogens is 4. The number of rotatable bonds is 8. The molecule has 0 aliphatic carbocycles. The quantitative estimate of drug-likeness (QED) is 0.486. The van der Waals surface area contributed by atoms with Gasteiger partial charge in [0.2, 0.25) is 5.91 Å². The van der Waals surface area contributed by atoms with Gasteiger partial charge in [0, 0.05) is 44.1 Å². The molecule has 1 aliphatic heterocycles. The van der Waals surface area contributed by atoms with E-state index >= 15 is 0 Å². The van der Waals surface area contributed by atoms with Gasteiger partial charge in [-0.2, -0.15) is 10.4 Å². The normalized spacial score (nSPS) is 14.9. The average Bonchev–Trinajstić information content (AvgIpc) is 3.28.